The minimum Gasteiger partial charge on any atom is -0.377 e. The molecule has 1 aliphatic rings. The van der Waals surface area contributed by atoms with Gasteiger partial charge >= 0.3 is 0 Å². The first-order chi connectivity index (χ1) is 6.68. The Morgan fingerprint density at radius 1 is 1.14 bits per heavy atom. The van der Waals surface area contributed by atoms with Gasteiger partial charge in [0.25, 0.3) is 0 Å². The van der Waals surface area contributed by atoms with E-state index in [-0.39, 0.29) is 0 Å². The SMILES string of the molecule is CC(C)OCCN1CCCN(C)CC1. The number of nitrogens with zero attached hydrogens (tertiary/aromatic N) is 2. The fraction of sp³-hybridized carbons (Fsp3) is 1.00. The van der Waals surface area contributed by atoms with E-state index in [0.29, 0.717) is 6.10 Å². The lowest BCUT2D eigenvalue weighted by molar-refractivity contribution is 0.0599. The Labute approximate surface area is 88.0 Å². The quantitative estimate of drug-likeness (QED) is 0.674. The first kappa shape index (κ1) is 12.0. The van der Waals surface area contributed by atoms with Crippen LogP contribution in [0.4, 0.5) is 0 Å². The van der Waals surface area contributed by atoms with E-state index in [1.807, 2.05) is 0 Å². The van der Waals surface area contributed by atoms with E-state index in [1.54, 1.807) is 0 Å². The molecule has 0 N–H and O–H groups in total. The normalized spacial score (nSPS) is 21.4. The van der Waals surface area contributed by atoms with Gasteiger partial charge in [0.2, 0.25) is 0 Å². The summed E-state index contributed by atoms with van der Waals surface area (Å²) in [5.74, 6) is 0. The fourth-order valence-electron chi connectivity index (χ4n) is 1.74. The van der Waals surface area contributed by atoms with E-state index in [9.17, 15) is 0 Å². The molecule has 0 saturated carbocycles. The van der Waals surface area contributed by atoms with Crippen LogP contribution in [0.5, 0.6) is 0 Å². The predicted molar refractivity (Wildman–Crippen MR) is 59.6 cm³/mol. The van der Waals surface area contributed by atoms with E-state index in [2.05, 4.69) is 30.7 Å². The molecular weight excluding hydrogens is 176 g/mol. The summed E-state index contributed by atoms with van der Waals surface area (Å²) in [6.45, 7) is 11.0. The minimum absolute atomic E-state index is 0.365. The van der Waals surface area contributed by atoms with Crippen LogP contribution in [-0.2, 0) is 4.74 Å². The van der Waals surface area contributed by atoms with E-state index in [1.165, 1.54) is 32.6 Å². The summed E-state index contributed by atoms with van der Waals surface area (Å²) in [6, 6.07) is 0. The summed E-state index contributed by atoms with van der Waals surface area (Å²) < 4.78 is 5.56. The molecule has 0 aromatic carbocycles. The van der Waals surface area contributed by atoms with E-state index < -0.39 is 0 Å². The molecule has 3 heteroatoms. The van der Waals surface area contributed by atoms with Crippen molar-refractivity contribution in [3.05, 3.63) is 0 Å². The van der Waals surface area contributed by atoms with E-state index in [0.717, 1.165) is 13.2 Å². The average molecular weight is 200 g/mol. The highest BCUT2D eigenvalue weighted by molar-refractivity contribution is 4.66. The van der Waals surface area contributed by atoms with Crippen LogP contribution in [0.3, 0.4) is 0 Å². The van der Waals surface area contributed by atoms with Crippen LogP contribution in [0.15, 0.2) is 0 Å². The van der Waals surface area contributed by atoms with Gasteiger partial charge in [0.15, 0.2) is 0 Å². The zero-order valence-electron chi connectivity index (χ0n) is 9.83. The molecule has 0 atom stereocenters. The van der Waals surface area contributed by atoms with Crippen molar-refractivity contribution >= 4 is 0 Å². The highest BCUT2D eigenvalue weighted by Crippen LogP contribution is 2.00. The maximum absolute atomic E-state index is 5.56. The predicted octanol–water partition coefficient (Wildman–Crippen LogP) is 1.05. The Balaban J connectivity index is 2.11. The van der Waals surface area contributed by atoms with Crippen molar-refractivity contribution in [1.82, 2.24) is 9.80 Å². The Hall–Kier alpha value is -0.120. The monoisotopic (exact) mass is 200 g/mol. The van der Waals surface area contributed by atoms with Gasteiger partial charge < -0.3 is 9.64 Å². The summed E-state index contributed by atoms with van der Waals surface area (Å²) in [6.07, 6.45) is 1.66. The average Bonchev–Trinajstić information content (AvgIpc) is 2.30. The van der Waals surface area contributed by atoms with Crippen molar-refractivity contribution in [2.24, 2.45) is 0 Å². The van der Waals surface area contributed by atoms with Crippen LogP contribution in [0, 0.1) is 0 Å². The summed E-state index contributed by atoms with van der Waals surface area (Å²) in [5, 5.41) is 0. The lowest BCUT2D eigenvalue weighted by atomic mass is 10.4. The van der Waals surface area contributed by atoms with E-state index >= 15 is 0 Å². The van der Waals surface area contributed by atoms with Gasteiger partial charge in [-0.2, -0.15) is 0 Å². The highest BCUT2D eigenvalue weighted by atomic mass is 16.5. The third-order valence-corrected chi connectivity index (χ3v) is 2.67. The lowest BCUT2D eigenvalue weighted by Crippen LogP contribution is -2.32. The van der Waals surface area contributed by atoms with Crippen molar-refractivity contribution in [3.8, 4) is 0 Å². The maximum atomic E-state index is 5.56. The fourth-order valence-corrected chi connectivity index (χ4v) is 1.74. The third-order valence-electron chi connectivity index (χ3n) is 2.67. The Morgan fingerprint density at radius 3 is 2.64 bits per heavy atom. The van der Waals surface area contributed by atoms with Gasteiger partial charge in [-0.3, -0.25) is 4.90 Å². The molecule has 1 heterocycles. The first-order valence-corrected chi connectivity index (χ1v) is 5.71. The molecular formula is C11H24N2O. The zero-order valence-corrected chi connectivity index (χ0v) is 9.83. The van der Waals surface area contributed by atoms with Crippen molar-refractivity contribution in [2.75, 3.05) is 46.4 Å². The molecule has 1 aliphatic heterocycles. The molecule has 0 spiro atoms. The van der Waals surface area contributed by atoms with Crippen molar-refractivity contribution < 1.29 is 4.74 Å². The topological polar surface area (TPSA) is 15.7 Å². The molecule has 84 valence electrons. The van der Waals surface area contributed by atoms with E-state index in [4.69, 9.17) is 4.74 Å². The van der Waals surface area contributed by atoms with Gasteiger partial charge in [-0.1, -0.05) is 0 Å². The van der Waals surface area contributed by atoms with Gasteiger partial charge in [0, 0.05) is 19.6 Å². The molecule has 0 aliphatic carbocycles. The number of hydrogen-bond acceptors (Lipinski definition) is 3. The molecule has 14 heavy (non-hydrogen) atoms. The summed E-state index contributed by atoms with van der Waals surface area (Å²) >= 11 is 0. The number of likely N-dealkylation sites (N-methyl/N-ethyl adjacent to an activating group) is 1. The second-order valence-electron chi connectivity index (χ2n) is 4.42. The lowest BCUT2D eigenvalue weighted by Gasteiger charge is -2.20. The largest absolute Gasteiger partial charge is 0.377 e. The van der Waals surface area contributed by atoms with Gasteiger partial charge in [0.05, 0.1) is 12.7 Å². The molecule has 0 unspecified atom stereocenters. The summed E-state index contributed by atoms with van der Waals surface area (Å²) in [4.78, 5) is 4.91. The number of rotatable bonds is 4. The second kappa shape index (κ2) is 6.38. The Kier molecular flexibility index (Phi) is 5.45. The summed E-state index contributed by atoms with van der Waals surface area (Å²) in [5.41, 5.74) is 0. The Morgan fingerprint density at radius 2 is 1.93 bits per heavy atom. The minimum atomic E-state index is 0.365. The van der Waals surface area contributed by atoms with Crippen LogP contribution in [-0.4, -0.2) is 62.3 Å². The van der Waals surface area contributed by atoms with Gasteiger partial charge in [-0.05, 0) is 40.4 Å². The van der Waals surface area contributed by atoms with Crippen LogP contribution < -0.4 is 0 Å². The van der Waals surface area contributed by atoms with Crippen LogP contribution in [0.25, 0.3) is 0 Å². The highest BCUT2D eigenvalue weighted by Gasteiger charge is 2.11. The molecule has 1 saturated heterocycles. The second-order valence-corrected chi connectivity index (χ2v) is 4.42. The molecule has 0 radical (unpaired) electrons. The molecule has 0 bridgehead atoms. The molecule has 0 aromatic heterocycles. The van der Waals surface area contributed by atoms with Crippen molar-refractivity contribution in [3.63, 3.8) is 0 Å². The molecule has 3 nitrogen and oxygen atoms in total. The van der Waals surface area contributed by atoms with Crippen LogP contribution >= 0.6 is 0 Å². The maximum Gasteiger partial charge on any atom is 0.0596 e. The van der Waals surface area contributed by atoms with Crippen LogP contribution in [0.1, 0.15) is 20.3 Å². The molecule has 1 fully saturated rings. The molecule has 0 amide bonds. The standard InChI is InChI=1S/C11H24N2O/c1-11(2)14-10-9-13-6-4-5-12(3)7-8-13/h11H,4-10H2,1-3H3. The van der Waals surface area contributed by atoms with Gasteiger partial charge in [0.1, 0.15) is 0 Å². The molecule has 0 aromatic rings. The molecule has 1 rings (SSSR count). The number of ether oxygens (including phenoxy) is 1. The smallest absolute Gasteiger partial charge is 0.0596 e. The zero-order chi connectivity index (χ0) is 10.4. The first-order valence-electron chi connectivity index (χ1n) is 5.71. The summed E-state index contributed by atoms with van der Waals surface area (Å²) in [7, 11) is 2.20. The van der Waals surface area contributed by atoms with Crippen molar-refractivity contribution in [1.29, 1.82) is 0 Å². The van der Waals surface area contributed by atoms with Crippen LogP contribution in [0.2, 0.25) is 0 Å². The van der Waals surface area contributed by atoms with Gasteiger partial charge in [-0.25, -0.2) is 0 Å². The van der Waals surface area contributed by atoms with Gasteiger partial charge in [-0.15, -0.1) is 0 Å². The van der Waals surface area contributed by atoms with Crippen molar-refractivity contribution in [2.45, 2.75) is 26.4 Å². The number of hydrogen-bond donors (Lipinski definition) is 0. The third kappa shape index (κ3) is 4.94. The Bertz CT molecular complexity index is 150.